The average molecular weight is 362 g/mol. The number of unbranched alkanes of at least 4 members (excludes halogenated alkanes) is 1. The molecule has 1 aromatic rings. The zero-order chi connectivity index (χ0) is 13.4. The van der Waals surface area contributed by atoms with Crippen molar-refractivity contribution in [3.63, 3.8) is 0 Å². The molecule has 0 saturated heterocycles. The Kier molecular flexibility index (Phi) is 7.19. The number of hydrogen-bond donors (Lipinski definition) is 2. The van der Waals surface area contributed by atoms with Crippen molar-refractivity contribution in [1.29, 1.82) is 0 Å². The fourth-order valence-corrected chi connectivity index (χ4v) is 3.57. The van der Waals surface area contributed by atoms with E-state index in [2.05, 4.69) is 41.6 Å². The normalized spacial score (nSPS) is 11.8. The standard InChI is InChI=1S/C15H23IO2/c1-2-3-8-15(9-11-17,10-12-18)13-6-4-5-7-14(13)16/h4-7,17-18H,2-3,8-12H2,1H3. The largest absolute Gasteiger partial charge is 0.396 e. The van der Waals surface area contributed by atoms with Crippen LogP contribution in [0, 0.1) is 3.57 Å². The molecule has 0 amide bonds. The van der Waals surface area contributed by atoms with E-state index in [0.717, 1.165) is 32.1 Å². The number of benzene rings is 1. The summed E-state index contributed by atoms with van der Waals surface area (Å²) < 4.78 is 1.23. The van der Waals surface area contributed by atoms with Crippen LogP contribution < -0.4 is 0 Å². The van der Waals surface area contributed by atoms with E-state index in [4.69, 9.17) is 0 Å². The molecule has 0 bridgehead atoms. The Labute approximate surface area is 124 Å². The monoisotopic (exact) mass is 362 g/mol. The third-order valence-electron chi connectivity index (χ3n) is 3.63. The molecular formula is C15H23IO2. The third kappa shape index (κ3) is 3.93. The molecule has 0 spiro atoms. The molecule has 1 rings (SSSR count). The van der Waals surface area contributed by atoms with Crippen LogP contribution in [0.25, 0.3) is 0 Å². The summed E-state index contributed by atoms with van der Waals surface area (Å²) in [6, 6.07) is 8.33. The van der Waals surface area contributed by atoms with E-state index in [0.29, 0.717) is 0 Å². The first-order chi connectivity index (χ1) is 8.70. The lowest BCUT2D eigenvalue weighted by molar-refractivity contribution is 0.179. The van der Waals surface area contributed by atoms with Gasteiger partial charge in [-0.15, -0.1) is 0 Å². The van der Waals surface area contributed by atoms with Crippen molar-refractivity contribution in [1.82, 2.24) is 0 Å². The molecule has 0 heterocycles. The van der Waals surface area contributed by atoms with E-state index in [1.165, 1.54) is 9.13 Å². The minimum absolute atomic E-state index is 0.0721. The molecule has 2 nitrogen and oxygen atoms in total. The minimum atomic E-state index is -0.0721. The second kappa shape index (κ2) is 8.12. The number of halogens is 1. The van der Waals surface area contributed by atoms with Gasteiger partial charge in [0.05, 0.1) is 0 Å². The summed E-state index contributed by atoms with van der Waals surface area (Å²) in [5.41, 5.74) is 1.21. The molecule has 0 saturated carbocycles. The summed E-state index contributed by atoms with van der Waals surface area (Å²) in [6.07, 6.45) is 4.76. The molecule has 18 heavy (non-hydrogen) atoms. The van der Waals surface area contributed by atoms with E-state index in [9.17, 15) is 10.2 Å². The highest BCUT2D eigenvalue weighted by atomic mass is 127. The van der Waals surface area contributed by atoms with Gasteiger partial charge in [-0.25, -0.2) is 0 Å². The zero-order valence-electron chi connectivity index (χ0n) is 11.0. The van der Waals surface area contributed by atoms with Crippen LogP contribution in [0.5, 0.6) is 0 Å². The highest BCUT2D eigenvalue weighted by Gasteiger charge is 2.32. The van der Waals surface area contributed by atoms with Gasteiger partial charge in [-0.2, -0.15) is 0 Å². The Hall–Kier alpha value is -0.130. The minimum Gasteiger partial charge on any atom is -0.396 e. The van der Waals surface area contributed by atoms with Crippen molar-refractivity contribution < 1.29 is 10.2 Å². The Balaban J connectivity index is 3.10. The van der Waals surface area contributed by atoms with Crippen molar-refractivity contribution in [3.8, 4) is 0 Å². The van der Waals surface area contributed by atoms with Gasteiger partial charge in [-0.1, -0.05) is 38.0 Å². The van der Waals surface area contributed by atoms with Crippen molar-refractivity contribution >= 4 is 22.6 Å². The summed E-state index contributed by atoms with van der Waals surface area (Å²) in [7, 11) is 0. The van der Waals surface area contributed by atoms with Gasteiger partial charge in [-0.3, -0.25) is 0 Å². The predicted molar refractivity (Wildman–Crippen MR) is 83.8 cm³/mol. The van der Waals surface area contributed by atoms with Gasteiger partial charge in [0.25, 0.3) is 0 Å². The van der Waals surface area contributed by atoms with Crippen molar-refractivity contribution in [2.24, 2.45) is 0 Å². The maximum atomic E-state index is 9.40. The Morgan fingerprint density at radius 3 is 2.17 bits per heavy atom. The molecule has 0 aliphatic heterocycles. The number of rotatable bonds is 8. The van der Waals surface area contributed by atoms with Crippen molar-refractivity contribution in [2.75, 3.05) is 13.2 Å². The number of aliphatic hydroxyl groups is 2. The lowest BCUT2D eigenvalue weighted by atomic mass is 9.72. The van der Waals surface area contributed by atoms with E-state index in [1.54, 1.807) is 0 Å². The fourth-order valence-electron chi connectivity index (χ4n) is 2.61. The summed E-state index contributed by atoms with van der Waals surface area (Å²) in [4.78, 5) is 0. The first-order valence-electron chi connectivity index (χ1n) is 6.67. The molecule has 0 aromatic heterocycles. The predicted octanol–water partition coefficient (Wildman–Crippen LogP) is 3.48. The van der Waals surface area contributed by atoms with Crippen LogP contribution in [0.3, 0.4) is 0 Å². The van der Waals surface area contributed by atoms with Crippen LogP contribution >= 0.6 is 22.6 Å². The topological polar surface area (TPSA) is 40.5 Å². The third-order valence-corrected chi connectivity index (χ3v) is 4.58. The molecule has 0 unspecified atom stereocenters. The number of hydrogen-bond acceptors (Lipinski definition) is 2. The smallest absolute Gasteiger partial charge is 0.0439 e. The number of aliphatic hydroxyl groups excluding tert-OH is 2. The molecule has 3 heteroatoms. The molecule has 0 aliphatic carbocycles. The van der Waals surface area contributed by atoms with E-state index in [1.807, 2.05) is 12.1 Å². The van der Waals surface area contributed by atoms with E-state index in [-0.39, 0.29) is 18.6 Å². The van der Waals surface area contributed by atoms with Crippen LogP contribution in [-0.2, 0) is 5.41 Å². The quantitative estimate of drug-likeness (QED) is 0.695. The Morgan fingerprint density at radius 1 is 1.06 bits per heavy atom. The van der Waals surface area contributed by atoms with Crippen LogP contribution in [-0.4, -0.2) is 23.4 Å². The van der Waals surface area contributed by atoms with Crippen molar-refractivity contribution in [3.05, 3.63) is 33.4 Å². The van der Waals surface area contributed by atoms with Gasteiger partial charge in [0.1, 0.15) is 0 Å². The molecule has 0 atom stereocenters. The van der Waals surface area contributed by atoms with Gasteiger partial charge in [0.2, 0.25) is 0 Å². The fraction of sp³-hybridized carbons (Fsp3) is 0.600. The molecule has 1 aromatic carbocycles. The van der Waals surface area contributed by atoms with Crippen LogP contribution in [0.15, 0.2) is 24.3 Å². The molecule has 0 fully saturated rings. The van der Waals surface area contributed by atoms with Gasteiger partial charge >= 0.3 is 0 Å². The Morgan fingerprint density at radius 2 is 1.67 bits per heavy atom. The molecule has 0 aliphatic rings. The van der Waals surface area contributed by atoms with Gasteiger partial charge in [0.15, 0.2) is 0 Å². The second-order valence-electron chi connectivity index (χ2n) is 4.81. The van der Waals surface area contributed by atoms with Crippen LogP contribution in [0.2, 0.25) is 0 Å². The van der Waals surface area contributed by atoms with Crippen molar-refractivity contribution in [2.45, 2.75) is 44.4 Å². The maximum Gasteiger partial charge on any atom is 0.0439 e. The second-order valence-corrected chi connectivity index (χ2v) is 5.97. The lowest BCUT2D eigenvalue weighted by Gasteiger charge is -2.34. The van der Waals surface area contributed by atoms with E-state index >= 15 is 0 Å². The van der Waals surface area contributed by atoms with Gasteiger partial charge in [-0.05, 0) is 53.5 Å². The summed E-state index contributed by atoms with van der Waals surface area (Å²) >= 11 is 2.35. The lowest BCUT2D eigenvalue weighted by Crippen LogP contribution is -2.30. The van der Waals surface area contributed by atoms with E-state index < -0.39 is 0 Å². The summed E-state index contributed by atoms with van der Waals surface area (Å²) in [5, 5.41) is 18.8. The summed E-state index contributed by atoms with van der Waals surface area (Å²) in [5.74, 6) is 0. The molecule has 2 N–H and O–H groups in total. The first-order valence-corrected chi connectivity index (χ1v) is 7.75. The molecule has 0 radical (unpaired) electrons. The Bertz CT molecular complexity index is 346. The highest BCUT2D eigenvalue weighted by molar-refractivity contribution is 14.1. The molecule has 102 valence electrons. The highest BCUT2D eigenvalue weighted by Crippen LogP contribution is 2.39. The van der Waals surface area contributed by atoms with Gasteiger partial charge < -0.3 is 10.2 Å². The summed E-state index contributed by atoms with van der Waals surface area (Å²) in [6.45, 7) is 2.53. The first kappa shape index (κ1) is 15.9. The average Bonchev–Trinajstić information content (AvgIpc) is 2.37. The van der Waals surface area contributed by atoms with Crippen LogP contribution in [0.1, 0.15) is 44.6 Å². The van der Waals surface area contributed by atoms with Gasteiger partial charge in [0, 0.05) is 22.2 Å². The van der Waals surface area contributed by atoms with Crippen LogP contribution in [0.4, 0.5) is 0 Å². The zero-order valence-corrected chi connectivity index (χ0v) is 13.2. The molecular weight excluding hydrogens is 339 g/mol. The maximum absolute atomic E-state index is 9.40. The SMILES string of the molecule is CCCCC(CCO)(CCO)c1ccccc1I.